The first kappa shape index (κ1) is 27.7. The first-order chi connectivity index (χ1) is 21.4. The van der Waals surface area contributed by atoms with Crippen molar-refractivity contribution < 1.29 is 13.6 Å². The lowest BCUT2D eigenvalue weighted by molar-refractivity contribution is 0.0991. The number of carbonyl (C=O) groups excluding carboxylic acids is 1. The summed E-state index contributed by atoms with van der Waals surface area (Å²) in [6.45, 7) is 2.62. The van der Waals surface area contributed by atoms with Crippen molar-refractivity contribution in [1.82, 2.24) is 43.6 Å². The number of likely N-dealkylation sites (tertiary alicyclic amines) is 1. The number of carbonyl (C=O) groups is 1. The maximum Gasteiger partial charge on any atom is 0.213 e. The summed E-state index contributed by atoms with van der Waals surface area (Å²) in [6.07, 6.45) is 10.5. The minimum atomic E-state index is -0.704. The summed E-state index contributed by atoms with van der Waals surface area (Å²) in [5, 5.41) is 4.88. The first-order valence-electron chi connectivity index (χ1n) is 14.4. The zero-order chi connectivity index (χ0) is 30.2. The van der Waals surface area contributed by atoms with Crippen LogP contribution in [0.3, 0.4) is 0 Å². The lowest BCUT2D eigenvalue weighted by atomic mass is 10.0. The van der Waals surface area contributed by atoms with Crippen LogP contribution in [-0.4, -0.2) is 62.5 Å². The number of benzene rings is 1. The molecule has 1 fully saturated rings. The minimum absolute atomic E-state index is 0.00222. The fourth-order valence-electron chi connectivity index (χ4n) is 5.80. The van der Waals surface area contributed by atoms with Crippen molar-refractivity contribution in [3.63, 3.8) is 0 Å². The molecule has 1 aliphatic rings. The molecule has 1 saturated heterocycles. The molecule has 5 aromatic heterocycles. The van der Waals surface area contributed by atoms with Gasteiger partial charge in [0.05, 0.1) is 42.6 Å². The second-order valence-corrected chi connectivity index (χ2v) is 11.0. The summed E-state index contributed by atoms with van der Waals surface area (Å²) in [5.74, 6) is -0.244. The predicted octanol–water partition coefficient (Wildman–Crippen LogP) is 4.93. The van der Waals surface area contributed by atoms with E-state index in [2.05, 4.69) is 24.4 Å². The van der Waals surface area contributed by atoms with Gasteiger partial charge in [-0.3, -0.25) is 9.69 Å². The molecule has 7 rings (SSSR count). The molecular weight excluding hydrogens is 564 g/mol. The molecular formula is C32H29F2N9O. The Morgan fingerprint density at radius 2 is 1.80 bits per heavy atom. The van der Waals surface area contributed by atoms with E-state index in [1.54, 1.807) is 22.8 Å². The Hall–Kier alpha value is -5.10. The summed E-state index contributed by atoms with van der Waals surface area (Å²) in [5.41, 5.74) is 4.34. The Labute approximate surface area is 251 Å². The van der Waals surface area contributed by atoms with Gasteiger partial charge in [0.15, 0.2) is 11.4 Å². The van der Waals surface area contributed by atoms with E-state index in [9.17, 15) is 13.6 Å². The zero-order valence-electron chi connectivity index (χ0n) is 24.0. The van der Waals surface area contributed by atoms with E-state index in [1.165, 1.54) is 24.4 Å². The summed E-state index contributed by atoms with van der Waals surface area (Å²) >= 11 is 0. The molecule has 0 spiro atoms. The monoisotopic (exact) mass is 593 g/mol. The van der Waals surface area contributed by atoms with Crippen LogP contribution < -0.4 is 0 Å². The van der Waals surface area contributed by atoms with Crippen LogP contribution in [0.5, 0.6) is 0 Å². The van der Waals surface area contributed by atoms with Gasteiger partial charge in [0.1, 0.15) is 17.3 Å². The Morgan fingerprint density at radius 1 is 0.977 bits per heavy atom. The second kappa shape index (κ2) is 11.5. The van der Waals surface area contributed by atoms with E-state index in [0.717, 1.165) is 55.6 Å². The number of imidazole rings is 3. The molecule has 0 radical (unpaired) electrons. The molecule has 12 heteroatoms. The molecule has 1 aromatic carbocycles. The molecule has 0 unspecified atom stereocenters. The number of aryl methyl sites for hydroxylation is 1. The third-order valence-electron chi connectivity index (χ3n) is 8.15. The topological polar surface area (TPSA) is 99.0 Å². The van der Waals surface area contributed by atoms with Gasteiger partial charge < -0.3 is 9.13 Å². The summed E-state index contributed by atoms with van der Waals surface area (Å²) in [6, 6.07) is 12.8. The molecule has 6 aromatic rings. The minimum Gasteiger partial charge on any atom is -0.337 e. The first-order valence-corrected chi connectivity index (χ1v) is 14.4. The number of rotatable bonds is 8. The van der Waals surface area contributed by atoms with Crippen molar-refractivity contribution in [3.8, 4) is 22.6 Å². The third kappa shape index (κ3) is 5.51. The molecule has 6 heterocycles. The normalized spacial score (nSPS) is 14.4. The molecule has 0 N–H and O–H groups in total. The van der Waals surface area contributed by atoms with Gasteiger partial charge in [0, 0.05) is 62.0 Å². The Kier molecular flexibility index (Phi) is 7.26. The van der Waals surface area contributed by atoms with Crippen LogP contribution in [0.1, 0.15) is 40.8 Å². The summed E-state index contributed by atoms with van der Waals surface area (Å²) in [4.78, 5) is 32.5. The van der Waals surface area contributed by atoms with Crippen LogP contribution >= 0.6 is 0 Å². The van der Waals surface area contributed by atoms with Crippen molar-refractivity contribution >= 4 is 11.4 Å². The maximum absolute atomic E-state index is 13.8. The number of pyridine rings is 1. The van der Waals surface area contributed by atoms with Gasteiger partial charge >= 0.3 is 0 Å². The van der Waals surface area contributed by atoms with Gasteiger partial charge in [-0.25, -0.2) is 28.8 Å². The molecule has 0 atom stereocenters. The van der Waals surface area contributed by atoms with Crippen LogP contribution in [0, 0.1) is 11.8 Å². The van der Waals surface area contributed by atoms with Crippen LogP contribution in [-0.2, 0) is 20.0 Å². The van der Waals surface area contributed by atoms with E-state index in [-0.39, 0.29) is 29.6 Å². The largest absolute Gasteiger partial charge is 0.337 e. The van der Waals surface area contributed by atoms with Crippen molar-refractivity contribution in [2.24, 2.45) is 7.05 Å². The number of Topliss-reactive ketones (excluding diaryl/α,β-unsaturated/α-hetero) is 1. The highest BCUT2D eigenvalue weighted by Crippen LogP contribution is 2.35. The molecule has 10 nitrogen and oxygen atoms in total. The van der Waals surface area contributed by atoms with E-state index < -0.39 is 5.95 Å². The Morgan fingerprint density at radius 3 is 2.55 bits per heavy atom. The number of nitrogens with zero attached hydrogens (tertiary/aromatic N) is 9. The number of fused-ring (bicyclic) bond motifs is 1. The fourth-order valence-corrected chi connectivity index (χ4v) is 5.80. The molecule has 0 saturated carbocycles. The molecule has 44 heavy (non-hydrogen) atoms. The number of aromatic nitrogens is 8. The average Bonchev–Trinajstić information content (AvgIpc) is 3.76. The zero-order valence-corrected chi connectivity index (χ0v) is 24.0. The molecule has 222 valence electrons. The van der Waals surface area contributed by atoms with Crippen LogP contribution in [0.4, 0.5) is 8.78 Å². The van der Waals surface area contributed by atoms with E-state index >= 15 is 0 Å². The second-order valence-electron chi connectivity index (χ2n) is 11.0. The lowest BCUT2D eigenvalue weighted by Gasteiger charge is -2.33. The van der Waals surface area contributed by atoms with E-state index in [4.69, 9.17) is 10.1 Å². The average molecular weight is 594 g/mol. The highest BCUT2D eigenvalue weighted by atomic mass is 19.1. The number of piperidine rings is 1. The molecule has 0 aliphatic carbocycles. The fraction of sp³-hybridized carbons (Fsp3) is 0.250. The maximum atomic E-state index is 13.8. The van der Waals surface area contributed by atoms with Crippen LogP contribution in [0.2, 0.25) is 0 Å². The summed E-state index contributed by atoms with van der Waals surface area (Å²) in [7, 11) is 2.01. The standard InChI is InChI=1S/C32H29F2N9O/c1-40-15-12-36-30(40)19-41-13-9-25(10-14-41)42-20-37-31(21-2-4-23(33)5-3-21)32(42)26-6-7-29-38-24(18-43(29)39-26)17-27(44)22-8-11-35-28(34)16-22/h2-8,11-12,15-16,18,20,25H,9-10,13-14,17,19H2,1H3. The molecule has 1 aliphatic heterocycles. The van der Waals surface area contributed by atoms with Gasteiger partial charge in [-0.1, -0.05) is 0 Å². The predicted molar refractivity (Wildman–Crippen MR) is 159 cm³/mol. The van der Waals surface area contributed by atoms with Crippen molar-refractivity contribution in [2.75, 3.05) is 13.1 Å². The van der Waals surface area contributed by atoms with Crippen LogP contribution in [0.25, 0.3) is 28.3 Å². The van der Waals surface area contributed by atoms with Gasteiger partial charge in [0.25, 0.3) is 0 Å². The van der Waals surface area contributed by atoms with Gasteiger partial charge in [-0.15, -0.1) is 0 Å². The molecule has 0 bridgehead atoms. The van der Waals surface area contributed by atoms with Crippen molar-refractivity contribution in [1.29, 1.82) is 0 Å². The Bertz CT molecular complexity index is 1950. The number of halogens is 2. The van der Waals surface area contributed by atoms with Crippen molar-refractivity contribution in [2.45, 2.75) is 31.8 Å². The Balaban J connectivity index is 1.19. The highest BCUT2D eigenvalue weighted by Gasteiger charge is 2.26. The number of hydrogen-bond acceptors (Lipinski definition) is 7. The van der Waals surface area contributed by atoms with Gasteiger partial charge in [0.2, 0.25) is 5.95 Å². The van der Waals surface area contributed by atoms with Crippen LogP contribution in [0.15, 0.2) is 79.6 Å². The number of hydrogen-bond donors (Lipinski definition) is 0. The smallest absolute Gasteiger partial charge is 0.213 e. The molecule has 0 amide bonds. The quantitative estimate of drug-likeness (QED) is 0.182. The lowest BCUT2D eigenvalue weighted by Crippen LogP contribution is -2.35. The highest BCUT2D eigenvalue weighted by molar-refractivity contribution is 5.97. The van der Waals surface area contributed by atoms with Gasteiger partial charge in [-0.2, -0.15) is 9.49 Å². The SMILES string of the molecule is Cn1ccnc1CN1CCC(n2cnc(-c3ccc(F)cc3)c2-c2ccc3nc(CC(=O)c4ccnc(F)c4)cn3n2)CC1. The number of ketones is 1. The summed E-state index contributed by atoms with van der Waals surface area (Å²) < 4.78 is 33.2. The van der Waals surface area contributed by atoms with Gasteiger partial charge in [-0.05, 0) is 55.3 Å². The van der Waals surface area contributed by atoms with Crippen molar-refractivity contribution in [3.05, 3.63) is 108 Å². The van der Waals surface area contributed by atoms with E-state index in [0.29, 0.717) is 22.7 Å². The third-order valence-corrected chi connectivity index (χ3v) is 8.15. The van der Waals surface area contributed by atoms with E-state index in [1.807, 2.05) is 42.5 Å².